The minimum Gasteiger partial charge on any atom is -0.591 e. The van der Waals surface area contributed by atoms with Crippen LogP contribution in [0.1, 0.15) is 27.2 Å². The lowest BCUT2D eigenvalue weighted by Gasteiger charge is -2.18. The molecule has 0 spiro atoms. The molecular weight excluding hydrogens is 172 g/mol. The SMILES string of the molecule is CC(C)(C)[S+]([O-])N=C1CCNC1. The van der Waals surface area contributed by atoms with Crippen molar-refractivity contribution in [3.63, 3.8) is 0 Å². The summed E-state index contributed by atoms with van der Waals surface area (Å²) in [5.74, 6) is 0. The molecule has 0 amide bonds. The molecule has 1 N–H and O–H groups in total. The van der Waals surface area contributed by atoms with Crippen LogP contribution in [-0.2, 0) is 11.4 Å². The van der Waals surface area contributed by atoms with Gasteiger partial charge in [0.25, 0.3) is 0 Å². The Labute approximate surface area is 77.0 Å². The zero-order chi connectivity index (χ0) is 9.19. The molecule has 1 unspecified atom stereocenters. The normalized spacial score (nSPS) is 24.8. The molecule has 4 heteroatoms. The summed E-state index contributed by atoms with van der Waals surface area (Å²) in [6.45, 7) is 7.60. The van der Waals surface area contributed by atoms with Crippen LogP contribution in [0.3, 0.4) is 0 Å². The van der Waals surface area contributed by atoms with E-state index >= 15 is 0 Å². The van der Waals surface area contributed by atoms with E-state index in [1.807, 2.05) is 20.8 Å². The average molecular weight is 188 g/mol. The molecule has 1 heterocycles. The Morgan fingerprint density at radius 3 is 2.58 bits per heavy atom. The first-order valence-corrected chi connectivity index (χ1v) is 5.30. The van der Waals surface area contributed by atoms with Crippen molar-refractivity contribution >= 4 is 17.1 Å². The first-order chi connectivity index (χ1) is 5.50. The predicted molar refractivity (Wildman–Crippen MR) is 52.8 cm³/mol. The predicted octanol–water partition coefficient (Wildman–Crippen LogP) is 0.883. The van der Waals surface area contributed by atoms with Crippen molar-refractivity contribution in [2.24, 2.45) is 4.40 Å². The van der Waals surface area contributed by atoms with Crippen molar-refractivity contribution in [1.29, 1.82) is 0 Å². The Morgan fingerprint density at radius 2 is 2.17 bits per heavy atom. The van der Waals surface area contributed by atoms with Crippen LogP contribution in [0.2, 0.25) is 0 Å². The van der Waals surface area contributed by atoms with Gasteiger partial charge in [-0.2, -0.15) is 0 Å². The molecule has 1 atom stereocenters. The number of rotatable bonds is 1. The molecule has 0 aromatic rings. The first-order valence-electron chi connectivity index (χ1n) is 4.19. The van der Waals surface area contributed by atoms with Gasteiger partial charge in [0.05, 0.1) is 5.71 Å². The van der Waals surface area contributed by atoms with Crippen LogP contribution in [0.4, 0.5) is 0 Å². The van der Waals surface area contributed by atoms with E-state index in [9.17, 15) is 4.55 Å². The Bertz CT molecular complexity index is 178. The lowest BCUT2D eigenvalue weighted by molar-refractivity contribution is 0.561. The van der Waals surface area contributed by atoms with E-state index in [1.54, 1.807) is 0 Å². The maximum Gasteiger partial charge on any atom is 0.144 e. The molecule has 0 aromatic carbocycles. The van der Waals surface area contributed by atoms with Crippen molar-refractivity contribution in [2.75, 3.05) is 13.1 Å². The van der Waals surface area contributed by atoms with Crippen molar-refractivity contribution in [2.45, 2.75) is 31.9 Å². The Kier molecular flexibility index (Phi) is 3.15. The summed E-state index contributed by atoms with van der Waals surface area (Å²) in [6.07, 6.45) is 0.946. The third kappa shape index (κ3) is 2.77. The smallest absolute Gasteiger partial charge is 0.144 e. The maximum atomic E-state index is 11.5. The van der Waals surface area contributed by atoms with Gasteiger partial charge >= 0.3 is 0 Å². The fourth-order valence-corrected chi connectivity index (χ4v) is 1.55. The van der Waals surface area contributed by atoms with Crippen molar-refractivity contribution < 1.29 is 4.55 Å². The van der Waals surface area contributed by atoms with Gasteiger partial charge in [-0.25, -0.2) is 0 Å². The Hall–Kier alpha value is -0.0600. The summed E-state index contributed by atoms with van der Waals surface area (Å²) in [4.78, 5) is 0. The topological polar surface area (TPSA) is 47.5 Å². The summed E-state index contributed by atoms with van der Waals surface area (Å²) >= 11 is -1.08. The van der Waals surface area contributed by atoms with Crippen LogP contribution < -0.4 is 5.32 Å². The minimum atomic E-state index is -1.08. The Balaban J connectivity index is 2.54. The van der Waals surface area contributed by atoms with Crippen LogP contribution in [0, 0.1) is 0 Å². The van der Waals surface area contributed by atoms with Gasteiger partial charge in [-0.05, 0) is 20.8 Å². The number of hydrogen-bond donors (Lipinski definition) is 1. The summed E-state index contributed by atoms with van der Waals surface area (Å²) in [5, 5.41) is 3.16. The van der Waals surface area contributed by atoms with E-state index in [0.717, 1.165) is 25.2 Å². The van der Waals surface area contributed by atoms with Crippen molar-refractivity contribution in [3.8, 4) is 0 Å². The van der Waals surface area contributed by atoms with Gasteiger partial charge < -0.3 is 9.87 Å². The van der Waals surface area contributed by atoms with E-state index in [1.165, 1.54) is 0 Å². The standard InChI is InChI=1S/C8H16N2OS/c1-8(2,3)12(11)10-7-4-5-9-6-7/h9H,4-6H2,1-3H3. The van der Waals surface area contributed by atoms with Crippen molar-refractivity contribution in [1.82, 2.24) is 5.32 Å². The lowest BCUT2D eigenvalue weighted by atomic mass is 10.3. The molecule has 1 fully saturated rings. The van der Waals surface area contributed by atoms with E-state index in [-0.39, 0.29) is 4.75 Å². The highest BCUT2D eigenvalue weighted by Gasteiger charge is 2.27. The van der Waals surface area contributed by atoms with Crippen LogP contribution in [0.5, 0.6) is 0 Å². The van der Waals surface area contributed by atoms with Gasteiger partial charge in [0.2, 0.25) is 0 Å². The average Bonchev–Trinajstić information content (AvgIpc) is 2.37. The molecule has 1 saturated heterocycles. The monoisotopic (exact) mass is 188 g/mol. The summed E-state index contributed by atoms with van der Waals surface area (Å²) in [6, 6.07) is 0. The quantitative estimate of drug-likeness (QED) is 0.621. The summed E-state index contributed by atoms with van der Waals surface area (Å²) in [5.41, 5.74) is 1.04. The second kappa shape index (κ2) is 3.77. The van der Waals surface area contributed by atoms with Gasteiger partial charge in [-0.1, -0.05) is 4.40 Å². The molecule has 0 radical (unpaired) electrons. The van der Waals surface area contributed by atoms with Gasteiger partial charge in [0.1, 0.15) is 16.1 Å². The van der Waals surface area contributed by atoms with Gasteiger partial charge in [0, 0.05) is 19.5 Å². The third-order valence-corrected chi connectivity index (χ3v) is 3.13. The fourth-order valence-electron chi connectivity index (χ4n) is 0.886. The largest absolute Gasteiger partial charge is 0.591 e. The third-order valence-electron chi connectivity index (χ3n) is 1.66. The van der Waals surface area contributed by atoms with Gasteiger partial charge in [-0.3, -0.25) is 0 Å². The zero-order valence-corrected chi connectivity index (χ0v) is 8.70. The van der Waals surface area contributed by atoms with Crippen LogP contribution in [-0.4, -0.2) is 28.1 Å². The highest BCUT2D eigenvalue weighted by Crippen LogP contribution is 2.17. The van der Waals surface area contributed by atoms with Crippen molar-refractivity contribution in [3.05, 3.63) is 0 Å². The highest BCUT2D eigenvalue weighted by molar-refractivity contribution is 7.91. The molecule has 12 heavy (non-hydrogen) atoms. The highest BCUT2D eigenvalue weighted by atomic mass is 32.2. The molecule has 70 valence electrons. The van der Waals surface area contributed by atoms with E-state index in [2.05, 4.69) is 9.71 Å². The zero-order valence-electron chi connectivity index (χ0n) is 7.89. The lowest BCUT2D eigenvalue weighted by Crippen LogP contribution is -2.27. The molecule has 0 aliphatic carbocycles. The second-order valence-corrected chi connectivity index (χ2v) is 5.85. The number of hydrogen-bond acceptors (Lipinski definition) is 3. The van der Waals surface area contributed by atoms with E-state index in [0.29, 0.717) is 0 Å². The molecule has 1 rings (SSSR count). The van der Waals surface area contributed by atoms with E-state index in [4.69, 9.17) is 0 Å². The molecule has 0 saturated carbocycles. The minimum absolute atomic E-state index is 0.227. The first kappa shape index (κ1) is 10.0. The molecule has 0 bridgehead atoms. The number of nitrogens with zero attached hydrogens (tertiary/aromatic N) is 1. The molecule has 3 nitrogen and oxygen atoms in total. The molecular formula is C8H16N2OS. The molecule has 1 aliphatic heterocycles. The van der Waals surface area contributed by atoms with Crippen LogP contribution in [0.25, 0.3) is 0 Å². The summed E-state index contributed by atoms with van der Waals surface area (Å²) < 4.78 is 15.5. The van der Waals surface area contributed by atoms with Crippen LogP contribution in [0.15, 0.2) is 4.40 Å². The van der Waals surface area contributed by atoms with Gasteiger partial charge in [-0.15, -0.1) is 0 Å². The van der Waals surface area contributed by atoms with E-state index < -0.39 is 11.4 Å². The molecule has 0 aromatic heterocycles. The van der Waals surface area contributed by atoms with Crippen LogP contribution >= 0.6 is 0 Å². The maximum absolute atomic E-state index is 11.5. The summed E-state index contributed by atoms with van der Waals surface area (Å²) in [7, 11) is 0. The second-order valence-electron chi connectivity index (χ2n) is 3.95. The van der Waals surface area contributed by atoms with Gasteiger partial charge in [0.15, 0.2) is 0 Å². The molecule has 1 aliphatic rings. The number of nitrogens with one attached hydrogen (secondary N) is 1. The fraction of sp³-hybridized carbons (Fsp3) is 0.875. The Morgan fingerprint density at radius 1 is 1.50 bits per heavy atom.